The number of ether oxygens (including phenoxy) is 1. The molecule has 0 spiro atoms. The van der Waals surface area contributed by atoms with Gasteiger partial charge in [0.25, 0.3) is 0 Å². The highest BCUT2D eigenvalue weighted by Gasteiger charge is 2.09. The van der Waals surface area contributed by atoms with E-state index in [1.54, 1.807) is 5.38 Å². The van der Waals surface area contributed by atoms with Crippen LogP contribution in [0, 0.1) is 5.82 Å². The number of hydrogen-bond acceptors (Lipinski definition) is 3. The summed E-state index contributed by atoms with van der Waals surface area (Å²) in [7, 11) is 0. The summed E-state index contributed by atoms with van der Waals surface area (Å²) in [6.45, 7) is 2.39. The third-order valence-electron chi connectivity index (χ3n) is 1.93. The van der Waals surface area contributed by atoms with E-state index in [9.17, 15) is 4.39 Å². The summed E-state index contributed by atoms with van der Waals surface area (Å²) in [4.78, 5) is 0. The van der Waals surface area contributed by atoms with Gasteiger partial charge in [-0.3, -0.25) is 0 Å². The van der Waals surface area contributed by atoms with Crippen molar-refractivity contribution >= 4 is 27.1 Å². The zero-order valence-electron chi connectivity index (χ0n) is 7.71. The molecule has 1 aromatic heterocycles. The first-order valence-electron chi connectivity index (χ1n) is 4.31. The molecule has 0 aliphatic carbocycles. The molecule has 0 saturated carbocycles. The minimum atomic E-state index is -0.314. The molecular formula is C10H10FNOS. The number of hydrogen-bond donors (Lipinski definition) is 1. The van der Waals surface area contributed by atoms with Crippen LogP contribution in [0.15, 0.2) is 17.5 Å². The first kappa shape index (κ1) is 9.27. The fourth-order valence-electron chi connectivity index (χ4n) is 1.35. The molecule has 0 fully saturated rings. The van der Waals surface area contributed by atoms with Gasteiger partial charge in [-0.05, 0) is 13.0 Å². The number of nitrogens with two attached hydrogens (primary N) is 1. The zero-order chi connectivity index (χ0) is 10.1. The predicted molar refractivity (Wildman–Crippen MR) is 57.4 cm³/mol. The third kappa shape index (κ3) is 1.42. The Kier molecular flexibility index (Phi) is 2.29. The molecular weight excluding hydrogens is 201 g/mol. The van der Waals surface area contributed by atoms with Crippen molar-refractivity contribution in [3.05, 3.63) is 23.3 Å². The van der Waals surface area contributed by atoms with Crippen LogP contribution in [-0.2, 0) is 0 Å². The summed E-state index contributed by atoms with van der Waals surface area (Å²) in [6.07, 6.45) is 0. The first-order valence-corrected chi connectivity index (χ1v) is 5.19. The topological polar surface area (TPSA) is 35.2 Å². The minimum Gasteiger partial charge on any atom is -0.492 e. The SMILES string of the molecule is CCOc1cc(F)cc2c(N)csc12. The molecule has 0 bridgehead atoms. The lowest BCUT2D eigenvalue weighted by Crippen LogP contribution is -1.92. The Morgan fingerprint density at radius 2 is 2.29 bits per heavy atom. The molecule has 0 radical (unpaired) electrons. The lowest BCUT2D eigenvalue weighted by molar-refractivity contribution is 0.343. The maximum atomic E-state index is 13.1. The largest absolute Gasteiger partial charge is 0.492 e. The summed E-state index contributed by atoms with van der Waals surface area (Å²) in [5.41, 5.74) is 6.30. The number of anilines is 1. The third-order valence-corrected chi connectivity index (χ3v) is 2.96. The normalized spacial score (nSPS) is 10.7. The molecule has 0 atom stereocenters. The molecule has 1 heterocycles. The van der Waals surface area contributed by atoms with Crippen molar-refractivity contribution < 1.29 is 9.13 Å². The highest BCUT2D eigenvalue weighted by atomic mass is 32.1. The molecule has 0 saturated heterocycles. The average Bonchev–Trinajstić information content (AvgIpc) is 2.49. The standard InChI is InChI=1S/C10H10FNOS/c1-2-13-9-4-6(11)3-7-8(12)5-14-10(7)9/h3-5H,2,12H2,1H3. The zero-order valence-corrected chi connectivity index (χ0v) is 8.53. The maximum absolute atomic E-state index is 13.1. The summed E-state index contributed by atoms with van der Waals surface area (Å²) < 4.78 is 19.4. The van der Waals surface area contributed by atoms with Gasteiger partial charge in [0.1, 0.15) is 11.6 Å². The maximum Gasteiger partial charge on any atom is 0.140 e. The molecule has 74 valence electrons. The molecule has 2 rings (SSSR count). The van der Waals surface area contributed by atoms with Gasteiger partial charge in [-0.15, -0.1) is 11.3 Å². The van der Waals surface area contributed by atoms with Gasteiger partial charge in [0.05, 0.1) is 17.0 Å². The van der Waals surface area contributed by atoms with E-state index in [0.29, 0.717) is 18.0 Å². The molecule has 0 aliphatic rings. The Balaban J connectivity index is 2.68. The Hall–Kier alpha value is -1.29. The van der Waals surface area contributed by atoms with E-state index in [1.165, 1.54) is 23.5 Å². The van der Waals surface area contributed by atoms with Crippen molar-refractivity contribution in [3.63, 3.8) is 0 Å². The summed E-state index contributed by atoms with van der Waals surface area (Å²) in [6, 6.07) is 2.82. The van der Waals surface area contributed by atoms with E-state index < -0.39 is 0 Å². The van der Waals surface area contributed by atoms with Crippen LogP contribution in [0.4, 0.5) is 10.1 Å². The van der Waals surface area contributed by atoms with Crippen molar-refractivity contribution in [1.82, 2.24) is 0 Å². The van der Waals surface area contributed by atoms with E-state index in [0.717, 1.165) is 10.1 Å². The van der Waals surface area contributed by atoms with Gasteiger partial charge in [-0.25, -0.2) is 4.39 Å². The molecule has 4 heteroatoms. The highest BCUT2D eigenvalue weighted by Crippen LogP contribution is 2.36. The number of thiophene rings is 1. The molecule has 14 heavy (non-hydrogen) atoms. The van der Waals surface area contributed by atoms with Crippen LogP contribution in [-0.4, -0.2) is 6.61 Å². The van der Waals surface area contributed by atoms with Crippen LogP contribution in [0.1, 0.15) is 6.92 Å². The molecule has 2 nitrogen and oxygen atoms in total. The second kappa shape index (κ2) is 3.46. The Morgan fingerprint density at radius 1 is 1.50 bits per heavy atom. The van der Waals surface area contributed by atoms with Gasteiger partial charge in [-0.2, -0.15) is 0 Å². The lowest BCUT2D eigenvalue weighted by atomic mass is 10.2. The smallest absolute Gasteiger partial charge is 0.140 e. The molecule has 0 amide bonds. The Morgan fingerprint density at radius 3 is 3.00 bits per heavy atom. The van der Waals surface area contributed by atoms with Crippen molar-refractivity contribution in [3.8, 4) is 5.75 Å². The monoisotopic (exact) mass is 211 g/mol. The number of fused-ring (bicyclic) bond motifs is 1. The van der Waals surface area contributed by atoms with Crippen LogP contribution < -0.4 is 10.5 Å². The van der Waals surface area contributed by atoms with Gasteiger partial charge in [-0.1, -0.05) is 0 Å². The molecule has 0 unspecified atom stereocenters. The van der Waals surface area contributed by atoms with Crippen molar-refractivity contribution in [2.24, 2.45) is 0 Å². The number of rotatable bonds is 2. The van der Waals surface area contributed by atoms with E-state index in [1.807, 2.05) is 6.92 Å². The summed E-state index contributed by atoms with van der Waals surface area (Å²) in [5.74, 6) is 0.259. The Bertz CT molecular complexity index is 466. The van der Waals surface area contributed by atoms with Gasteiger partial charge in [0.15, 0.2) is 0 Å². The highest BCUT2D eigenvalue weighted by molar-refractivity contribution is 7.18. The van der Waals surface area contributed by atoms with Crippen LogP contribution in [0.25, 0.3) is 10.1 Å². The van der Waals surface area contributed by atoms with Crippen molar-refractivity contribution in [2.75, 3.05) is 12.3 Å². The average molecular weight is 211 g/mol. The van der Waals surface area contributed by atoms with Crippen molar-refractivity contribution in [1.29, 1.82) is 0 Å². The van der Waals surface area contributed by atoms with E-state index in [2.05, 4.69) is 0 Å². The van der Waals surface area contributed by atoms with Gasteiger partial charge >= 0.3 is 0 Å². The second-order valence-corrected chi connectivity index (χ2v) is 3.78. The fraction of sp³-hybridized carbons (Fsp3) is 0.200. The Labute approximate surface area is 85.1 Å². The van der Waals surface area contributed by atoms with Crippen LogP contribution in [0.3, 0.4) is 0 Å². The molecule has 0 aliphatic heterocycles. The minimum absolute atomic E-state index is 0.314. The van der Waals surface area contributed by atoms with E-state index in [-0.39, 0.29) is 5.82 Å². The number of benzene rings is 1. The summed E-state index contributed by atoms with van der Waals surface area (Å²) in [5, 5.41) is 2.53. The van der Waals surface area contributed by atoms with Crippen LogP contribution >= 0.6 is 11.3 Å². The number of halogens is 1. The van der Waals surface area contributed by atoms with E-state index >= 15 is 0 Å². The number of nitrogen functional groups attached to an aromatic ring is 1. The molecule has 2 aromatic rings. The predicted octanol–water partition coefficient (Wildman–Crippen LogP) is 3.02. The quantitative estimate of drug-likeness (QED) is 0.828. The van der Waals surface area contributed by atoms with Crippen LogP contribution in [0.2, 0.25) is 0 Å². The lowest BCUT2D eigenvalue weighted by Gasteiger charge is -2.04. The van der Waals surface area contributed by atoms with Crippen molar-refractivity contribution in [2.45, 2.75) is 6.92 Å². The van der Waals surface area contributed by atoms with Gasteiger partial charge < -0.3 is 10.5 Å². The summed E-state index contributed by atoms with van der Waals surface area (Å²) >= 11 is 1.47. The van der Waals surface area contributed by atoms with Crippen LogP contribution in [0.5, 0.6) is 5.75 Å². The first-order chi connectivity index (χ1) is 6.72. The fourth-order valence-corrected chi connectivity index (χ4v) is 2.26. The van der Waals surface area contributed by atoms with E-state index in [4.69, 9.17) is 10.5 Å². The molecule has 2 N–H and O–H groups in total. The van der Waals surface area contributed by atoms with Gasteiger partial charge in [0, 0.05) is 16.8 Å². The van der Waals surface area contributed by atoms with Gasteiger partial charge in [0.2, 0.25) is 0 Å². The molecule has 1 aromatic carbocycles. The second-order valence-electron chi connectivity index (χ2n) is 2.90.